The monoisotopic (exact) mass is 259 g/mol. The topological polar surface area (TPSA) is 49.3 Å². The molecule has 0 radical (unpaired) electrons. The molecule has 3 nitrogen and oxygen atoms in total. The highest BCUT2D eigenvalue weighted by atomic mass is 79.9. The van der Waals surface area contributed by atoms with Crippen molar-refractivity contribution in [2.75, 3.05) is 5.32 Å². The lowest BCUT2D eigenvalue weighted by atomic mass is 9.98. The normalized spacial score (nSPS) is 24.7. The average molecular weight is 260 g/mol. The Balaban J connectivity index is 2.67. The molecule has 74 valence electrons. The first-order valence-electron chi connectivity index (χ1n) is 3.96. The van der Waals surface area contributed by atoms with Gasteiger partial charge in [-0.05, 0) is 35.0 Å². The molecule has 1 heterocycles. The van der Waals surface area contributed by atoms with Crippen LogP contribution < -0.4 is 5.32 Å². The third kappa shape index (κ3) is 1.16. The van der Waals surface area contributed by atoms with E-state index in [4.69, 9.17) is 0 Å². The lowest BCUT2D eigenvalue weighted by molar-refractivity contribution is -0.131. The van der Waals surface area contributed by atoms with Crippen molar-refractivity contribution in [3.63, 3.8) is 0 Å². The number of anilines is 1. The van der Waals surface area contributed by atoms with Crippen LogP contribution in [0.4, 0.5) is 10.1 Å². The maximum Gasteiger partial charge on any atom is 0.260 e. The van der Waals surface area contributed by atoms with Gasteiger partial charge < -0.3 is 10.4 Å². The predicted molar refractivity (Wildman–Crippen MR) is 52.3 cm³/mol. The fourth-order valence-corrected chi connectivity index (χ4v) is 1.76. The molecule has 0 saturated heterocycles. The molecule has 0 aliphatic carbocycles. The smallest absolute Gasteiger partial charge is 0.260 e. The van der Waals surface area contributed by atoms with Gasteiger partial charge in [-0.15, -0.1) is 0 Å². The van der Waals surface area contributed by atoms with Crippen molar-refractivity contribution in [3.8, 4) is 0 Å². The van der Waals surface area contributed by atoms with E-state index in [0.717, 1.165) is 6.07 Å². The first kappa shape index (κ1) is 9.61. The molecule has 0 saturated carbocycles. The van der Waals surface area contributed by atoms with Gasteiger partial charge >= 0.3 is 0 Å². The van der Waals surface area contributed by atoms with Crippen LogP contribution >= 0.6 is 15.9 Å². The van der Waals surface area contributed by atoms with Crippen LogP contribution in [0.2, 0.25) is 0 Å². The van der Waals surface area contributed by atoms with Gasteiger partial charge in [-0.1, -0.05) is 0 Å². The van der Waals surface area contributed by atoms with Crippen molar-refractivity contribution >= 4 is 27.5 Å². The molecule has 2 N–H and O–H groups in total. The van der Waals surface area contributed by atoms with Crippen molar-refractivity contribution in [2.24, 2.45) is 0 Å². The lowest BCUT2D eigenvalue weighted by Crippen LogP contribution is -2.30. The fourth-order valence-electron chi connectivity index (χ4n) is 1.42. The second-order valence-electron chi connectivity index (χ2n) is 3.34. The minimum Gasteiger partial charge on any atom is -0.375 e. The number of halogens is 2. The van der Waals surface area contributed by atoms with Crippen LogP contribution in [0.25, 0.3) is 0 Å². The van der Waals surface area contributed by atoms with Crippen molar-refractivity contribution in [3.05, 3.63) is 28.0 Å². The lowest BCUT2D eigenvalue weighted by Gasteiger charge is -2.13. The number of rotatable bonds is 0. The largest absolute Gasteiger partial charge is 0.375 e. The van der Waals surface area contributed by atoms with Crippen LogP contribution in [-0.4, -0.2) is 11.0 Å². The van der Waals surface area contributed by atoms with E-state index in [1.165, 1.54) is 13.0 Å². The fraction of sp³-hybridized carbons (Fsp3) is 0.222. The predicted octanol–water partition coefficient (Wildman–Crippen LogP) is 1.75. The molecule has 2 rings (SSSR count). The van der Waals surface area contributed by atoms with Gasteiger partial charge in [0.25, 0.3) is 5.91 Å². The second-order valence-corrected chi connectivity index (χ2v) is 4.19. The number of amides is 1. The molecule has 0 spiro atoms. The second kappa shape index (κ2) is 2.77. The summed E-state index contributed by atoms with van der Waals surface area (Å²) in [6, 6.07) is 2.58. The molecule has 1 aromatic rings. The summed E-state index contributed by atoms with van der Waals surface area (Å²) in [5.41, 5.74) is -0.937. The molecule has 0 fully saturated rings. The van der Waals surface area contributed by atoms with Crippen LogP contribution in [0.5, 0.6) is 0 Å². The molecule has 14 heavy (non-hydrogen) atoms. The highest BCUT2D eigenvalue weighted by molar-refractivity contribution is 9.10. The van der Waals surface area contributed by atoms with Gasteiger partial charge in [0.1, 0.15) is 5.82 Å². The van der Waals surface area contributed by atoms with E-state index < -0.39 is 17.3 Å². The van der Waals surface area contributed by atoms with Gasteiger partial charge in [0, 0.05) is 11.3 Å². The molecule has 1 amide bonds. The molecule has 1 atom stereocenters. The highest BCUT2D eigenvalue weighted by Crippen LogP contribution is 2.38. The van der Waals surface area contributed by atoms with Gasteiger partial charge in [0.2, 0.25) is 0 Å². The zero-order valence-electron chi connectivity index (χ0n) is 7.27. The number of carbonyl (C=O) groups excluding carboxylic acids is 1. The Morgan fingerprint density at radius 3 is 2.86 bits per heavy atom. The summed E-state index contributed by atoms with van der Waals surface area (Å²) >= 11 is 3.00. The third-order valence-corrected chi connectivity index (χ3v) is 2.88. The number of aliphatic hydroxyl groups is 1. The van der Waals surface area contributed by atoms with Crippen molar-refractivity contribution in [2.45, 2.75) is 12.5 Å². The summed E-state index contributed by atoms with van der Waals surface area (Å²) < 4.78 is 13.4. The summed E-state index contributed by atoms with van der Waals surface area (Å²) in [4.78, 5) is 11.3. The Kier molecular flexibility index (Phi) is 1.90. The Bertz CT molecular complexity index is 431. The average Bonchev–Trinajstić information content (AvgIpc) is 2.28. The van der Waals surface area contributed by atoms with E-state index in [0.29, 0.717) is 5.69 Å². The van der Waals surface area contributed by atoms with Gasteiger partial charge in [-0.2, -0.15) is 0 Å². The van der Waals surface area contributed by atoms with E-state index in [9.17, 15) is 14.3 Å². The van der Waals surface area contributed by atoms with Crippen molar-refractivity contribution in [1.82, 2.24) is 0 Å². The third-order valence-electron chi connectivity index (χ3n) is 2.28. The van der Waals surface area contributed by atoms with E-state index >= 15 is 0 Å². The number of nitrogens with one attached hydrogen (secondary N) is 1. The summed E-state index contributed by atoms with van der Waals surface area (Å²) in [6.07, 6.45) is 0. The van der Waals surface area contributed by atoms with Gasteiger partial charge in [-0.3, -0.25) is 4.79 Å². The Morgan fingerprint density at radius 1 is 1.57 bits per heavy atom. The molecule has 5 heteroatoms. The Morgan fingerprint density at radius 2 is 2.21 bits per heavy atom. The standard InChI is InChI=1S/C9H7BrFNO2/c1-9(14)4-2-6(11)5(10)3-7(4)12-8(9)13/h2-3,14H,1H3,(H,12,13). The molecular weight excluding hydrogens is 253 g/mol. The molecule has 1 aliphatic rings. The van der Waals surface area contributed by atoms with Crippen LogP contribution in [0.15, 0.2) is 16.6 Å². The number of hydrogen-bond donors (Lipinski definition) is 2. The summed E-state index contributed by atoms with van der Waals surface area (Å²) in [6.45, 7) is 1.33. The van der Waals surface area contributed by atoms with Crippen LogP contribution in [0.1, 0.15) is 12.5 Å². The van der Waals surface area contributed by atoms with E-state index in [-0.39, 0.29) is 10.0 Å². The van der Waals surface area contributed by atoms with E-state index in [1.54, 1.807) is 0 Å². The molecule has 0 bridgehead atoms. The van der Waals surface area contributed by atoms with Gasteiger partial charge in [-0.25, -0.2) is 4.39 Å². The number of hydrogen-bond acceptors (Lipinski definition) is 2. The van der Waals surface area contributed by atoms with Crippen molar-refractivity contribution < 1.29 is 14.3 Å². The molecular formula is C9H7BrFNO2. The molecule has 1 aromatic carbocycles. The molecule has 0 aromatic heterocycles. The zero-order chi connectivity index (χ0) is 10.5. The Labute approximate surface area is 88.1 Å². The number of carbonyl (C=O) groups is 1. The van der Waals surface area contributed by atoms with Gasteiger partial charge in [0.15, 0.2) is 5.60 Å². The zero-order valence-corrected chi connectivity index (χ0v) is 8.85. The highest BCUT2D eigenvalue weighted by Gasteiger charge is 2.41. The minimum absolute atomic E-state index is 0.259. The van der Waals surface area contributed by atoms with E-state index in [2.05, 4.69) is 21.2 Å². The summed E-state index contributed by atoms with van der Waals surface area (Å²) in [5.74, 6) is -1.04. The maximum atomic E-state index is 13.1. The number of fused-ring (bicyclic) bond motifs is 1. The SMILES string of the molecule is CC1(O)C(=O)Nc2cc(Br)c(F)cc21. The first-order chi connectivity index (χ1) is 6.43. The Hall–Kier alpha value is -0.940. The number of benzene rings is 1. The van der Waals surface area contributed by atoms with Crippen LogP contribution in [-0.2, 0) is 10.4 Å². The van der Waals surface area contributed by atoms with Crippen LogP contribution in [0.3, 0.4) is 0 Å². The van der Waals surface area contributed by atoms with Gasteiger partial charge in [0.05, 0.1) is 4.47 Å². The van der Waals surface area contributed by atoms with Crippen LogP contribution in [0, 0.1) is 5.82 Å². The quantitative estimate of drug-likeness (QED) is 0.746. The summed E-state index contributed by atoms with van der Waals surface area (Å²) in [5, 5.41) is 12.2. The van der Waals surface area contributed by atoms with Crippen molar-refractivity contribution in [1.29, 1.82) is 0 Å². The maximum absolute atomic E-state index is 13.1. The minimum atomic E-state index is -1.64. The van der Waals surface area contributed by atoms with E-state index in [1.807, 2.05) is 0 Å². The molecule has 1 unspecified atom stereocenters. The first-order valence-corrected chi connectivity index (χ1v) is 4.75. The summed E-state index contributed by atoms with van der Waals surface area (Å²) in [7, 11) is 0. The molecule has 1 aliphatic heterocycles.